The molecule has 0 aliphatic carbocycles. The zero-order valence-electron chi connectivity index (χ0n) is 15.2. The third kappa shape index (κ3) is 3.77. The first-order valence-corrected chi connectivity index (χ1v) is 8.73. The summed E-state index contributed by atoms with van der Waals surface area (Å²) in [5.74, 6) is -0.428. The highest BCUT2D eigenvalue weighted by Crippen LogP contribution is 2.35. The van der Waals surface area contributed by atoms with E-state index >= 15 is 0 Å². The maximum atomic E-state index is 14.6. The van der Waals surface area contributed by atoms with Crippen LogP contribution in [0.3, 0.4) is 0 Å². The molecule has 2 aliphatic heterocycles. The lowest BCUT2D eigenvalue weighted by atomic mass is 10.0. The molecular formula is C18H26FN3O3. The molecule has 1 aromatic heterocycles. The number of carbonyl (C=O) groups excluding carboxylic acids is 1. The molecule has 0 saturated carbocycles. The molecule has 0 spiro atoms. The molecule has 2 aliphatic rings. The number of ether oxygens (including phenoxy) is 2. The number of hydrogen-bond acceptors (Lipinski definition) is 6. The van der Waals surface area contributed by atoms with E-state index in [4.69, 9.17) is 9.47 Å². The third-order valence-electron chi connectivity index (χ3n) is 5.15. The zero-order valence-corrected chi connectivity index (χ0v) is 15.2. The van der Waals surface area contributed by atoms with Crippen LogP contribution in [0.25, 0.3) is 0 Å². The molecule has 0 aromatic carbocycles. The quantitative estimate of drug-likeness (QED) is 0.755. The zero-order chi connectivity index (χ0) is 18.1. The SMILES string of the molecule is COC(=O)C1CC(c2ncc(OC3CN(C(C)C)C3)cc2F)N(C)C1. The van der Waals surface area contributed by atoms with E-state index in [1.54, 1.807) is 6.20 Å². The van der Waals surface area contributed by atoms with Crippen LogP contribution in [-0.2, 0) is 9.53 Å². The second-order valence-corrected chi connectivity index (χ2v) is 7.24. The lowest BCUT2D eigenvalue weighted by Gasteiger charge is -2.41. The highest BCUT2D eigenvalue weighted by Gasteiger charge is 2.37. The Hall–Kier alpha value is -1.73. The second kappa shape index (κ2) is 7.25. The average molecular weight is 351 g/mol. The molecule has 0 radical (unpaired) electrons. The standard InChI is InChI=1S/C18H26FN3O3/c1-11(2)22-9-14(10-22)25-13-6-15(19)17(20-7-13)16-5-12(8-21(16)3)18(23)24-4/h6-7,11-12,14,16H,5,8-10H2,1-4H3. The molecule has 6 nitrogen and oxygen atoms in total. The van der Waals surface area contributed by atoms with E-state index in [1.165, 1.54) is 13.2 Å². The van der Waals surface area contributed by atoms with Crippen molar-refractivity contribution in [3.05, 3.63) is 23.8 Å². The molecule has 2 unspecified atom stereocenters. The molecule has 2 fully saturated rings. The van der Waals surface area contributed by atoms with Crippen LogP contribution >= 0.6 is 0 Å². The summed E-state index contributed by atoms with van der Waals surface area (Å²) in [6, 6.07) is 1.68. The van der Waals surface area contributed by atoms with Crippen molar-refractivity contribution < 1.29 is 18.7 Å². The topological polar surface area (TPSA) is 54.9 Å². The molecule has 0 bridgehead atoms. The van der Waals surface area contributed by atoms with Gasteiger partial charge in [-0.2, -0.15) is 0 Å². The molecule has 25 heavy (non-hydrogen) atoms. The van der Waals surface area contributed by atoms with Crippen LogP contribution in [0, 0.1) is 11.7 Å². The van der Waals surface area contributed by atoms with Gasteiger partial charge in [-0.15, -0.1) is 0 Å². The van der Waals surface area contributed by atoms with Crippen LogP contribution in [-0.4, -0.2) is 66.7 Å². The summed E-state index contributed by atoms with van der Waals surface area (Å²) in [4.78, 5) is 20.3. The Balaban J connectivity index is 1.63. The first-order chi connectivity index (χ1) is 11.9. The number of methoxy groups -OCH3 is 1. The third-order valence-corrected chi connectivity index (χ3v) is 5.15. The van der Waals surface area contributed by atoms with Gasteiger partial charge in [0, 0.05) is 31.7 Å². The number of aromatic nitrogens is 1. The maximum Gasteiger partial charge on any atom is 0.310 e. The summed E-state index contributed by atoms with van der Waals surface area (Å²) in [6.07, 6.45) is 2.18. The van der Waals surface area contributed by atoms with Gasteiger partial charge in [0.15, 0.2) is 0 Å². The van der Waals surface area contributed by atoms with E-state index in [-0.39, 0.29) is 29.9 Å². The molecule has 2 saturated heterocycles. The second-order valence-electron chi connectivity index (χ2n) is 7.24. The van der Waals surface area contributed by atoms with E-state index in [1.807, 2.05) is 11.9 Å². The number of likely N-dealkylation sites (tertiary alicyclic amines) is 2. The van der Waals surface area contributed by atoms with Crippen molar-refractivity contribution in [2.75, 3.05) is 33.8 Å². The molecule has 3 rings (SSSR count). The minimum atomic E-state index is -0.389. The van der Waals surface area contributed by atoms with Crippen LogP contribution in [0.2, 0.25) is 0 Å². The largest absolute Gasteiger partial charge is 0.486 e. The number of hydrogen-bond donors (Lipinski definition) is 0. The molecule has 3 heterocycles. The van der Waals surface area contributed by atoms with Gasteiger partial charge < -0.3 is 9.47 Å². The van der Waals surface area contributed by atoms with E-state index in [0.717, 1.165) is 13.1 Å². The van der Waals surface area contributed by atoms with E-state index in [9.17, 15) is 9.18 Å². The predicted octanol–water partition coefficient (Wildman–Crippen LogP) is 1.86. The summed E-state index contributed by atoms with van der Waals surface area (Å²) < 4.78 is 25.2. The van der Waals surface area contributed by atoms with Crippen LogP contribution in [0.4, 0.5) is 4.39 Å². The summed E-state index contributed by atoms with van der Waals surface area (Å²) in [5, 5.41) is 0. The minimum Gasteiger partial charge on any atom is -0.486 e. The van der Waals surface area contributed by atoms with Crippen LogP contribution in [0.15, 0.2) is 12.3 Å². The molecule has 138 valence electrons. The molecule has 0 N–H and O–H groups in total. The summed E-state index contributed by atoms with van der Waals surface area (Å²) in [6.45, 7) is 6.54. The van der Waals surface area contributed by atoms with Gasteiger partial charge >= 0.3 is 5.97 Å². The molecule has 2 atom stereocenters. The van der Waals surface area contributed by atoms with Crippen LogP contribution < -0.4 is 4.74 Å². The Morgan fingerprint density at radius 1 is 1.36 bits per heavy atom. The van der Waals surface area contributed by atoms with Crippen LogP contribution in [0.1, 0.15) is 32.0 Å². The average Bonchev–Trinajstić information content (AvgIpc) is 2.91. The Morgan fingerprint density at radius 3 is 2.68 bits per heavy atom. The Bertz CT molecular complexity index is 634. The van der Waals surface area contributed by atoms with Gasteiger partial charge in [0.05, 0.1) is 31.0 Å². The number of carbonyl (C=O) groups is 1. The number of rotatable bonds is 5. The molecule has 1 aromatic rings. The smallest absolute Gasteiger partial charge is 0.310 e. The molecular weight excluding hydrogens is 325 g/mol. The lowest BCUT2D eigenvalue weighted by molar-refractivity contribution is -0.144. The van der Waals surface area contributed by atoms with Crippen molar-refractivity contribution in [2.45, 2.75) is 38.5 Å². The van der Waals surface area contributed by atoms with E-state index < -0.39 is 0 Å². The highest BCUT2D eigenvalue weighted by atomic mass is 19.1. The normalized spacial score (nSPS) is 25.2. The minimum absolute atomic E-state index is 0.0901. The fraction of sp³-hybridized carbons (Fsp3) is 0.667. The summed E-state index contributed by atoms with van der Waals surface area (Å²) >= 11 is 0. The highest BCUT2D eigenvalue weighted by molar-refractivity contribution is 5.73. The number of esters is 1. The molecule has 0 amide bonds. The van der Waals surface area contributed by atoms with Gasteiger partial charge in [-0.05, 0) is 27.3 Å². The van der Waals surface area contributed by atoms with Gasteiger partial charge in [0.2, 0.25) is 0 Å². The Kier molecular flexibility index (Phi) is 5.24. The van der Waals surface area contributed by atoms with Crippen molar-refractivity contribution in [1.82, 2.24) is 14.8 Å². The summed E-state index contributed by atoms with van der Waals surface area (Å²) in [5.41, 5.74) is 0.360. The van der Waals surface area contributed by atoms with Gasteiger partial charge in [-0.25, -0.2) is 4.39 Å². The van der Waals surface area contributed by atoms with Crippen molar-refractivity contribution in [1.29, 1.82) is 0 Å². The van der Waals surface area contributed by atoms with Gasteiger partial charge in [0.1, 0.15) is 17.7 Å². The fourth-order valence-electron chi connectivity index (χ4n) is 3.56. The number of nitrogens with zero attached hydrogens (tertiary/aromatic N) is 3. The number of halogens is 1. The summed E-state index contributed by atoms with van der Waals surface area (Å²) in [7, 11) is 3.25. The Labute approximate surface area is 147 Å². The predicted molar refractivity (Wildman–Crippen MR) is 90.8 cm³/mol. The monoisotopic (exact) mass is 351 g/mol. The van der Waals surface area contributed by atoms with Crippen molar-refractivity contribution in [3.63, 3.8) is 0 Å². The number of pyridine rings is 1. The van der Waals surface area contributed by atoms with Crippen molar-refractivity contribution >= 4 is 5.97 Å². The fourth-order valence-corrected chi connectivity index (χ4v) is 3.56. The van der Waals surface area contributed by atoms with Crippen molar-refractivity contribution in [2.24, 2.45) is 5.92 Å². The first kappa shape index (κ1) is 18.1. The van der Waals surface area contributed by atoms with Gasteiger partial charge in [-0.3, -0.25) is 19.6 Å². The van der Waals surface area contributed by atoms with Crippen molar-refractivity contribution in [3.8, 4) is 5.75 Å². The molecule has 7 heteroatoms. The first-order valence-electron chi connectivity index (χ1n) is 8.73. The maximum absolute atomic E-state index is 14.6. The van der Waals surface area contributed by atoms with E-state index in [0.29, 0.717) is 30.5 Å². The Morgan fingerprint density at radius 2 is 2.08 bits per heavy atom. The van der Waals surface area contributed by atoms with E-state index in [2.05, 4.69) is 23.7 Å². The van der Waals surface area contributed by atoms with Gasteiger partial charge in [-0.1, -0.05) is 0 Å². The lowest BCUT2D eigenvalue weighted by Crippen LogP contribution is -2.56. The van der Waals surface area contributed by atoms with Gasteiger partial charge in [0.25, 0.3) is 0 Å². The van der Waals surface area contributed by atoms with Crippen LogP contribution in [0.5, 0.6) is 5.75 Å².